The van der Waals surface area contributed by atoms with E-state index in [9.17, 15) is 14.0 Å². The van der Waals surface area contributed by atoms with E-state index in [1.54, 1.807) is 0 Å². The summed E-state index contributed by atoms with van der Waals surface area (Å²) in [6, 6.07) is 3.24. The molecule has 0 radical (unpaired) electrons. The summed E-state index contributed by atoms with van der Waals surface area (Å²) < 4.78 is 12.7. The van der Waals surface area contributed by atoms with E-state index in [2.05, 4.69) is 0 Å². The van der Waals surface area contributed by atoms with E-state index in [1.807, 2.05) is 0 Å². The second kappa shape index (κ2) is 4.19. The predicted octanol–water partition coefficient (Wildman–Crippen LogP) is 2.14. The standard InChI is InChI=1S/C9H6ClFO3/c10-7-2-1-5(11)3-6(7)8(12)4-9(13)14/h1-3H,4H2,(H,13,14). The highest BCUT2D eigenvalue weighted by molar-refractivity contribution is 6.34. The Morgan fingerprint density at radius 1 is 1.43 bits per heavy atom. The average molecular weight is 217 g/mol. The van der Waals surface area contributed by atoms with Gasteiger partial charge < -0.3 is 5.11 Å². The number of carboxylic acids is 1. The number of hydrogen-bond donors (Lipinski definition) is 1. The zero-order chi connectivity index (χ0) is 10.7. The summed E-state index contributed by atoms with van der Waals surface area (Å²) in [5, 5.41) is 8.40. The first-order valence-electron chi connectivity index (χ1n) is 3.70. The molecule has 1 aromatic carbocycles. The van der Waals surface area contributed by atoms with Gasteiger partial charge in [0, 0.05) is 5.56 Å². The summed E-state index contributed by atoms with van der Waals surface area (Å²) in [4.78, 5) is 21.4. The molecule has 0 bridgehead atoms. The van der Waals surface area contributed by atoms with Crippen molar-refractivity contribution in [1.82, 2.24) is 0 Å². The first kappa shape index (κ1) is 10.7. The minimum Gasteiger partial charge on any atom is -0.481 e. The van der Waals surface area contributed by atoms with Crippen molar-refractivity contribution in [1.29, 1.82) is 0 Å². The molecule has 0 saturated heterocycles. The van der Waals surface area contributed by atoms with E-state index < -0.39 is 24.0 Å². The van der Waals surface area contributed by atoms with Crippen LogP contribution in [0, 0.1) is 5.82 Å². The van der Waals surface area contributed by atoms with Gasteiger partial charge in [-0.05, 0) is 18.2 Å². The van der Waals surface area contributed by atoms with Gasteiger partial charge >= 0.3 is 5.97 Å². The van der Waals surface area contributed by atoms with Crippen LogP contribution in [-0.2, 0) is 4.79 Å². The highest BCUT2D eigenvalue weighted by Crippen LogP contribution is 2.18. The molecule has 14 heavy (non-hydrogen) atoms. The minimum atomic E-state index is -1.27. The maximum absolute atomic E-state index is 12.7. The molecule has 1 rings (SSSR count). The van der Waals surface area contributed by atoms with Gasteiger partial charge in [-0.3, -0.25) is 9.59 Å². The Morgan fingerprint density at radius 3 is 2.64 bits per heavy atom. The molecule has 0 spiro atoms. The van der Waals surface area contributed by atoms with Crippen LogP contribution < -0.4 is 0 Å². The molecule has 0 heterocycles. The number of benzene rings is 1. The highest BCUT2D eigenvalue weighted by atomic mass is 35.5. The normalized spacial score (nSPS) is 9.86. The van der Waals surface area contributed by atoms with Crippen LogP contribution in [0.3, 0.4) is 0 Å². The molecule has 0 atom stereocenters. The molecule has 0 aliphatic carbocycles. The molecule has 0 fully saturated rings. The second-order valence-corrected chi connectivity index (χ2v) is 3.03. The monoisotopic (exact) mass is 216 g/mol. The number of Topliss-reactive ketones (excluding diaryl/α,β-unsaturated/α-hetero) is 1. The van der Waals surface area contributed by atoms with E-state index in [0.717, 1.165) is 12.1 Å². The third-order valence-electron chi connectivity index (χ3n) is 1.54. The van der Waals surface area contributed by atoms with Crippen molar-refractivity contribution in [2.24, 2.45) is 0 Å². The highest BCUT2D eigenvalue weighted by Gasteiger charge is 2.14. The Kier molecular flexibility index (Phi) is 3.19. The molecule has 0 unspecified atom stereocenters. The Bertz CT molecular complexity index is 390. The quantitative estimate of drug-likeness (QED) is 0.622. The third kappa shape index (κ3) is 2.53. The van der Waals surface area contributed by atoms with Crippen LogP contribution in [0.25, 0.3) is 0 Å². The summed E-state index contributed by atoms with van der Waals surface area (Å²) in [6.07, 6.45) is -0.691. The smallest absolute Gasteiger partial charge is 0.311 e. The molecule has 1 aromatic rings. The lowest BCUT2D eigenvalue weighted by atomic mass is 10.1. The van der Waals surface area contributed by atoms with Crippen LogP contribution in [-0.4, -0.2) is 16.9 Å². The van der Waals surface area contributed by atoms with Gasteiger partial charge in [-0.15, -0.1) is 0 Å². The topological polar surface area (TPSA) is 54.4 Å². The van der Waals surface area contributed by atoms with Gasteiger partial charge in [0.15, 0.2) is 5.78 Å². The Hall–Kier alpha value is -1.42. The molecular formula is C9H6ClFO3. The van der Waals surface area contributed by atoms with Gasteiger partial charge in [0.2, 0.25) is 0 Å². The van der Waals surface area contributed by atoms with Crippen LogP contribution in [0.4, 0.5) is 4.39 Å². The molecule has 74 valence electrons. The number of carbonyl (C=O) groups is 2. The van der Waals surface area contributed by atoms with Crippen molar-refractivity contribution in [3.63, 3.8) is 0 Å². The van der Waals surface area contributed by atoms with Crippen LogP contribution >= 0.6 is 11.6 Å². The fraction of sp³-hybridized carbons (Fsp3) is 0.111. The lowest BCUT2D eigenvalue weighted by Crippen LogP contribution is -2.07. The van der Waals surface area contributed by atoms with Crippen LogP contribution in [0.1, 0.15) is 16.8 Å². The molecular weight excluding hydrogens is 211 g/mol. The van der Waals surface area contributed by atoms with Gasteiger partial charge in [-0.1, -0.05) is 11.6 Å². The van der Waals surface area contributed by atoms with E-state index in [0.29, 0.717) is 0 Å². The van der Waals surface area contributed by atoms with Gasteiger partial charge in [-0.25, -0.2) is 4.39 Å². The summed E-state index contributed by atoms with van der Waals surface area (Å²) in [5.74, 6) is -2.60. The fourth-order valence-corrected chi connectivity index (χ4v) is 1.17. The molecule has 1 N–H and O–H groups in total. The number of halogens is 2. The lowest BCUT2D eigenvalue weighted by molar-refractivity contribution is -0.135. The van der Waals surface area contributed by atoms with E-state index in [4.69, 9.17) is 16.7 Å². The fourth-order valence-electron chi connectivity index (χ4n) is 0.944. The van der Waals surface area contributed by atoms with E-state index in [1.165, 1.54) is 6.07 Å². The number of aliphatic carboxylic acids is 1. The van der Waals surface area contributed by atoms with E-state index in [-0.39, 0.29) is 10.6 Å². The Balaban J connectivity index is 3.00. The maximum Gasteiger partial charge on any atom is 0.311 e. The molecule has 5 heteroatoms. The molecule has 0 aromatic heterocycles. The number of carbonyl (C=O) groups excluding carboxylic acids is 1. The zero-order valence-corrected chi connectivity index (χ0v) is 7.71. The van der Waals surface area contributed by atoms with Gasteiger partial charge in [-0.2, -0.15) is 0 Å². The van der Waals surface area contributed by atoms with Crippen molar-refractivity contribution in [2.75, 3.05) is 0 Å². The Morgan fingerprint density at radius 2 is 2.07 bits per heavy atom. The molecule has 0 aliphatic heterocycles. The molecule has 0 amide bonds. The molecule has 0 saturated carbocycles. The van der Waals surface area contributed by atoms with Gasteiger partial charge in [0.05, 0.1) is 5.02 Å². The third-order valence-corrected chi connectivity index (χ3v) is 1.87. The van der Waals surface area contributed by atoms with Crippen molar-refractivity contribution < 1.29 is 19.1 Å². The predicted molar refractivity (Wildman–Crippen MR) is 48.0 cm³/mol. The van der Waals surface area contributed by atoms with Gasteiger partial charge in [0.1, 0.15) is 12.2 Å². The number of ketones is 1. The number of carboxylic acid groups (broad SMARTS) is 1. The van der Waals surface area contributed by atoms with Crippen molar-refractivity contribution in [2.45, 2.75) is 6.42 Å². The summed E-state index contributed by atoms with van der Waals surface area (Å²) in [6.45, 7) is 0. The number of rotatable bonds is 3. The SMILES string of the molecule is O=C(O)CC(=O)c1cc(F)ccc1Cl. The van der Waals surface area contributed by atoms with Gasteiger partial charge in [0.25, 0.3) is 0 Å². The van der Waals surface area contributed by atoms with Crippen LogP contribution in [0.2, 0.25) is 5.02 Å². The maximum atomic E-state index is 12.7. The largest absolute Gasteiger partial charge is 0.481 e. The minimum absolute atomic E-state index is 0.0534. The lowest BCUT2D eigenvalue weighted by Gasteiger charge is -2.00. The molecule has 0 aliphatic rings. The van der Waals surface area contributed by atoms with Crippen molar-refractivity contribution >= 4 is 23.4 Å². The first-order valence-corrected chi connectivity index (χ1v) is 4.08. The summed E-state index contributed by atoms with van der Waals surface area (Å²) in [7, 11) is 0. The number of hydrogen-bond acceptors (Lipinski definition) is 2. The first-order chi connectivity index (χ1) is 6.50. The zero-order valence-electron chi connectivity index (χ0n) is 6.96. The summed E-state index contributed by atoms with van der Waals surface area (Å²) in [5.41, 5.74) is -0.103. The summed E-state index contributed by atoms with van der Waals surface area (Å²) >= 11 is 5.59. The Labute approximate surface area is 84.1 Å². The van der Waals surface area contributed by atoms with Crippen LogP contribution in [0.15, 0.2) is 18.2 Å². The average Bonchev–Trinajstić information content (AvgIpc) is 2.08. The van der Waals surface area contributed by atoms with E-state index >= 15 is 0 Å². The second-order valence-electron chi connectivity index (χ2n) is 2.62. The van der Waals surface area contributed by atoms with Crippen molar-refractivity contribution in [3.8, 4) is 0 Å². The van der Waals surface area contributed by atoms with Crippen molar-refractivity contribution in [3.05, 3.63) is 34.6 Å². The van der Waals surface area contributed by atoms with Crippen LogP contribution in [0.5, 0.6) is 0 Å². The molecule has 3 nitrogen and oxygen atoms in total.